The molecule has 3 aliphatic rings. The van der Waals surface area contributed by atoms with Gasteiger partial charge in [-0.3, -0.25) is 4.79 Å². The van der Waals surface area contributed by atoms with Crippen LogP contribution >= 0.6 is 12.4 Å². The molecule has 1 aromatic carbocycles. The van der Waals surface area contributed by atoms with Crippen LogP contribution in [0.4, 0.5) is 0 Å². The number of rotatable bonds is 2. The summed E-state index contributed by atoms with van der Waals surface area (Å²) in [6, 6.07) is 6.04. The molecule has 1 heterocycles. The molecule has 2 fully saturated rings. The monoisotopic (exact) mass is 366 g/mol. The number of benzene rings is 1. The van der Waals surface area contributed by atoms with Gasteiger partial charge in [0, 0.05) is 24.1 Å². The lowest BCUT2D eigenvalue weighted by atomic mass is 9.67. The van der Waals surface area contributed by atoms with Gasteiger partial charge >= 0.3 is 0 Å². The van der Waals surface area contributed by atoms with Gasteiger partial charge in [0.05, 0.1) is 13.2 Å². The van der Waals surface area contributed by atoms with Crippen molar-refractivity contribution >= 4 is 18.3 Å². The first-order valence-electron chi connectivity index (χ1n) is 9.17. The van der Waals surface area contributed by atoms with Crippen LogP contribution in [0.2, 0.25) is 0 Å². The number of nitrogens with two attached hydrogens (primary N) is 1. The van der Waals surface area contributed by atoms with Crippen LogP contribution in [0.5, 0.6) is 11.5 Å². The highest BCUT2D eigenvalue weighted by Gasteiger charge is 2.40. The molecule has 25 heavy (non-hydrogen) atoms. The van der Waals surface area contributed by atoms with Crippen molar-refractivity contribution in [3.05, 3.63) is 23.8 Å². The predicted octanol–water partition coefficient (Wildman–Crippen LogP) is 2.91. The maximum absolute atomic E-state index is 12.8. The van der Waals surface area contributed by atoms with Crippen molar-refractivity contribution < 1.29 is 14.3 Å². The average molecular weight is 367 g/mol. The molecule has 6 heteroatoms. The number of amides is 1. The van der Waals surface area contributed by atoms with Crippen molar-refractivity contribution in [2.24, 2.45) is 17.6 Å². The minimum Gasteiger partial charge on any atom is -0.490 e. The number of carbonyl (C=O) groups is 1. The van der Waals surface area contributed by atoms with E-state index in [0.717, 1.165) is 25.0 Å². The third-order valence-electron chi connectivity index (χ3n) is 5.68. The maximum Gasteiger partial charge on any atom is 0.251 e. The van der Waals surface area contributed by atoms with Crippen molar-refractivity contribution in [3.63, 3.8) is 0 Å². The molecule has 2 bridgehead atoms. The number of fused-ring (bicyclic) bond motifs is 3. The Kier molecular flexibility index (Phi) is 5.74. The molecule has 3 N–H and O–H groups in total. The number of halogens is 1. The van der Waals surface area contributed by atoms with Crippen molar-refractivity contribution in [1.82, 2.24) is 5.32 Å². The highest BCUT2D eigenvalue weighted by Crippen LogP contribution is 2.40. The second kappa shape index (κ2) is 7.83. The smallest absolute Gasteiger partial charge is 0.251 e. The van der Waals surface area contributed by atoms with Crippen LogP contribution in [0.1, 0.15) is 48.9 Å². The van der Waals surface area contributed by atoms with Gasteiger partial charge in [-0.15, -0.1) is 12.4 Å². The fraction of sp³-hybridized carbons (Fsp3) is 0.632. The van der Waals surface area contributed by atoms with E-state index < -0.39 is 0 Å². The molecular formula is C19H27ClN2O3. The molecule has 5 nitrogen and oxygen atoms in total. The van der Waals surface area contributed by atoms with Gasteiger partial charge in [0.25, 0.3) is 5.91 Å². The molecule has 2 unspecified atom stereocenters. The molecule has 1 aliphatic heterocycles. The van der Waals surface area contributed by atoms with Crippen LogP contribution < -0.4 is 20.5 Å². The number of ether oxygens (including phenoxy) is 2. The fourth-order valence-electron chi connectivity index (χ4n) is 4.56. The highest BCUT2D eigenvalue weighted by molar-refractivity contribution is 5.95. The number of carbonyl (C=O) groups excluding carboxylic acids is 1. The first-order chi connectivity index (χ1) is 11.7. The second-order valence-corrected chi connectivity index (χ2v) is 7.39. The van der Waals surface area contributed by atoms with Crippen LogP contribution in [0.25, 0.3) is 0 Å². The van der Waals surface area contributed by atoms with Crippen LogP contribution in [0.15, 0.2) is 18.2 Å². The summed E-state index contributed by atoms with van der Waals surface area (Å²) in [5.74, 6) is 2.44. The molecule has 0 spiro atoms. The van der Waals surface area contributed by atoms with E-state index in [0.29, 0.717) is 42.4 Å². The zero-order chi connectivity index (χ0) is 16.5. The summed E-state index contributed by atoms with van der Waals surface area (Å²) >= 11 is 0. The first-order valence-corrected chi connectivity index (χ1v) is 9.17. The van der Waals surface area contributed by atoms with Gasteiger partial charge in [0.15, 0.2) is 11.5 Å². The zero-order valence-corrected chi connectivity index (χ0v) is 15.2. The standard InChI is InChI=1S/C19H26N2O3.ClH/c20-15-9-12-3-1-4-13(10-15)18(12)21-19(22)14-5-6-16-17(11-14)24-8-2-7-23-16;/h5-6,11-13,15,18H,1-4,7-10,20H2,(H,21,22);1H. The molecule has 1 amide bonds. The van der Waals surface area contributed by atoms with E-state index in [1.165, 1.54) is 19.3 Å². The highest BCUT2D eigenvalue weighted by atomic mass is 35.5. The average Bonchev–Trinajstić information content (AvgIpc) is 2.80. The summed E-state index contributed by atoms with van der Waals surface area (Å²) < 4.78 is 11.3. The minimum atomic E-state index is -0.0111. The fourth-order valence-corrected chi connectivity index (χ4v) is 4.56. The van der Waals surface area contributed by atoms with Crippen LogP contribution in [-0.4, -0.2) is 31.2 Å². The lowest BCUT2D eigenvalue weighted by Crippen LogP contribution is -2.53. The van der Waals surface area contributed by atoms with E-state index in [9.17, 15) is 4.79 Å². The lowest BCUT2D eigenvalue weighted by molar-refractivity contribution is 0.0755. The third kappa shape index (κ3) is 3.87. The first kappa shape index (κ1) is 18.3. The molecule has 2 aliphatic carbocycles. The van der Waals surface area contributed by atoms with E-state index in [4.69, 9.17) is 15.2 Å². The van der Waals surface area contributed by atoms with Gasteiger partial charge in [-0.25, -0.2) is 0 Å². The molecule has 2 atom stereocenters. The van der Waals surface area contributed by atoms with Gasteiger partial charge < -0.3 is 20.5 Å². The molecule has 1 aromatic rings. The van der Waals surface area contributed by atoms with Crippen molar-refractivity contribution in [2.75, 3.05) is 13.2 Å². The third-order valence-corrected chi connectivity index (χ3v) is 5.68. The number of nitrogens with one attached hydrogen (secondary N) is 1. The summed E-state index contributed by atoms with van der Waals surface area (Å²) in [5, 5.41) is 3.29. The van der Waals surface area contributed by atoms with Crippen LogP contribution in [-0.2, 0) is 0 Å². The summed E-state index contributed by atoms with van der Waals surface area (Å²) in [6.45, 7) is 1.28. The van der Waals surface area contributed by atoms with E-state index in [2.05, 4.69) is 5.32 Å². The Balaban J connectivity index is 0.00000182. The summed E-state index contributed by atoms with van der Waals surface area (Å²) in [7, 11) is 0. The molecule has 4 rings (SSSR count). The van der Waals surface area contributed by atoms with Gasteiger partial charge in [-0.2, -0.15) is 0 Å². The summed E-state index contributed by atoms with van der Waals surface area (Å²) in [4.78, 5) is 12.8. The van der Waals surface area contributed by atoms with E-state index in [-0.39, 0.29) is 24.4 Å². The molecule has 0 saturated heterocycles. The number of hydrogen-bond acceptors (Lipinski definition) is 4. The zero-order valence-electron chi connectivity index (χ0n) is 14.4. The topological polar surface area (TPSA) is 73.6 Å². The Labute approximate surface area is 155 Å². The van der Waals surface area contributed by atoms with Gasteiger partial charge in [0.2, 0.25) is 0 Å². The second-order valence-electron chi connectivity index (χ2n) is 7.39. The van der Waals surface area contributed by atoms with Crippen LogP contribution in [0.3, 0.4) is 0 Å². The van der Waals surface area contributed by atoms with Crippen LogP contribution in [0, 0.1) is 11.8 Å². The van der Waals surface area contributed by atoms with E-state index in [1.807, 2.05) is 12.1 Å². The Morgan fingerprint density at radius 2 is 1.72 bits per heavy atom. The van der Waals surface area contributed by atoms with Gasteiger partial charge in [-0.05, 0) is 55.7 Å². The normalized spacial score (nSPS) is 30.6. The predicted molar refractivity (Wildman–Crippen MR) is 98.6 cm³/mol. The SMILES string of the molecule is Cl.NC1CC2CCCC(C1)C2NC(=O)c1ccc2c(c1)OCCCO2. The van der Waals surface area contributed by atoms with E-state index >= 15 is 0 Å². The minimum absolute atomic E-state index is 0. The van der Waals surface area contributed by atoms with E-state index in [1.54, 1.807) is 6.07 Å². The Morgan fingerprint density at radius 1 is 1.04 bits per heavy atom. The largest absolute Gasteiger partial charge is 0.490 e. The van der Waals surface area contributed by atoms with Gasteiger partial charge in [-0.1, -0.05) is 6.42 Å². The van der Waals surface area contributed by atoms with Crippen molar-refractivity contribution in [2.45, 2.75) is 50.6 Å². The van der Waals surface area contributed by atoms with Crippen molar-refractivity contribution in [3.8, 4) is 11.5 Å². The van der Waals surface area contributed by atoms with Crippen molar-refractivity contribution in [1.29, 1.82) is 0 Å². The maximum atomic E-state index is 12.8. The Bertz CT molecular complexity index is 611. The Morgan fingerprint density at radius 3 is 2.44 bits per heavy atom. The summed E-state index contributed by atoms with van der Waals surface area (Å²) in [5.41, 5.74) is 6.82. The molecular weight excluding hydrogens is 340 g/mol. The molecule has 0 aromatic heterocycles. The summed E-state index contributed by atoms with van der Waals surface area (Å²) in [6.07, 6.45) is 6.54. The molecule has 2 saturated carbocycles. The quantitative estimate of drug-likeness (QED) is 0.844. The lowest BCUT2D eigenvalue weighted by Gasteiger charge is -2.45. The van der Waals surface area contributed by atoms with Gasteiger partial charge in [0.1, 0.15) is 0 Å². The molecule has 138 valence electrons. The molecule has 0 radical (unpaired) electrons. The number of hydrogen-bond donors (Lipinski definition) is 2. The Hall–Kier alpha value is -1.46.